The Morgan fingerprint density at radius 1 is 1.25 bits per heavy atom. The van der Waals surface area contributed by atoms with Crippen molar-refractivity contribution in [3.63, 3.8) is 0 Å². The molecule has 0 aliphatic carbocycles. The van der Waals surface area contributed by atoms with Crippen molar-refractivity contribution >= 4 is 76.5 Å². The summed E-state index contributed by atoms with van der Waals surface area (Å²) in [6, 6.07) is 0. The molecule has 0 aromatic rings. The van der Waals surface area contributed by atoms with Gasteiger partial charge in [0, 0.05) is 0 Å². The predicted molar refractivity (Wildman–Crippen MR) is 36.4 cm³/mol. The first-order valence-corrected chi connectivity index (χ1v) is 3.09. The maximum atomic E-state index is 7.72. The average Bonchev–Trinajstić information content (AvgIpc) is 1.35. The molecule has 0 atom stereocenters. The number of hydrogen-bond acceptors (Lipinski definition) is 4. The fourth-order valence-corrected chi connectivity index (χ4v) is 0. The third-order valence-corrected chi connectivity index (χ3v) is 0.932. The average molecular weight is 231 g/mol. The van der Waals surface area contributed by atoms with Crippen LogP contribution in [-0.2, 0) is 3.98 Å². The zero-order valence-electron chi connectivity index (χ0n) is 2.63. The molecule has 0 heterocycles. The van der Waals surface area contributed by atoms with Gasteiger partial charge >= 0.3 is 64.7 Å². The molecule has 3 N–H and O–H groups in total. The molecule has 8 heavy (non-hydrogen) atoms. The predicted octanol–water partition coefficient (Wildman–Crippen LogP) is -3.26. The van der Waals surface area contributed by atoms with Crippen LogP contribution in [0.5, 0.6) is 0 Å². The van der Waals surface area contributed by atoms with Crippen molar-refractivity contribution in [1.82, 2.24) is 0 Å². The molecule has 0 amide bonds. The molecule has 0 spiro atoms. The molecule has 0 aliphatic rings. The van der Waals surface area contributed by atoms with Crippen LogP contribution in [0, 0.1) is 0 Å². The number of rotatable bonds is 1. The van der Waals surface area contributed by atoms with Gasteiger partial charge in [0.25, 0.3) is 0 Å². The Morgan fingerprint density at radius 3 is 1.38 bits per heavy atom. The second-order valence-corrected chi connectivity index (χ2v) is 2.42. The van der Waals surface area contributed by atoms with Gasteiger partial charge in [-0.25, -0.2) is 3.98 Å². The fraction of sp³-hybridized carbons (Fsp3) is 0. The molecule has 4 nitrogen and oxygen atoms in total. The molecule has 0 aromatic heterocycles. The van der Waals surface area contributed by atoms with E-state index in [2.05, 4.69) is 15.8 Å². The van der Waals surface area contributed by atoms with Crippen LogP contribution in [0.3, 0.4) is 0 Å². The van der Waals surface area contributed by atoms with E-state index >= 15 is 0 Å². The third-order valence-electron chi connectivity index (χ3n) is 0.104. The van der Waals surface area contributed by atoms with Gasteiger partial charge in [-0.3, -0.25) is 0 Å². The van der Waals surface area contributed by atoms with Crippen molar-refractivity contribution in [3.8, 4) is 0 Å². The molecule has 0 saturated heterocycles. The Hall–Kier alpha value is 2.00. The zero-order valence-corrected chi connectivity index (χ0v) is 4.38. The van der Waals surface area contributed by atoms with E-state index in [1.807, 2.05) is 0 Å². The van der Waals surface area contributed by atoms with E-state index in [1.54, 1.807) is 0 Å². The van der Waals surface area contributed by atoms with Gasteiger partial charge in [0.15, 0.2) is 0 Å². The Bertz CT molecular complexity index is 45.8. The van der Waals surface area contributed by atoms with Gasteiger partial charge in [-0.05, 0) is 0 Å². The van der Waals surface area contributed by atoms with Crippen LogP contribution in [0.1, 0.15) is 0 Å². The molecule has 0 fully saturated rings. The molecule has 0 radical (unpaired) electrons. The molecule has 0 bridgehead atoms. The summed E-state index contributed by atoms with van der Waals surface area (Å²) in [6.07, 6.45) is 0. The van der Waals surface area contributed by atoms with Gasteiger partial charge in [0.1, 0.15) is 0 Å². The normalized spacial score (nSPS) is 9.00. The summed E-state index contributed by atoms with van der Waals surface area (Å²) in [5, 5.41) is 0. The van der Waals surface area contributed by atoms with Gasteiger partial charge < -0.3 is 14.4 Å². The summed E-state index contributed by atoms with van der Waals surface area (Å²) in [6.45, 7) is 0. The first-order valence-electron chi connectivity index (χ1n) is 1.03. The molecule has 0 aliphatic heterocycles. The molecular weight excluding hydrogens is 224 g/mol. The van der Waals surface area contributed by atoms with Crippen LogP contribution in [0.4, 0.5) is 0 Å². The topological polar surface area (TPSA) is 69.9 Å². The van der Waals surface area contributed by atoms with Crippen LogP contribution in [0.2, 0.25) is 0 Å². The van der Waals surface area contributed by atoms with Gasteiger partial charge in [-0.2, -0.15) is 0 Å². The van der Waals surface area contributed by atoms with Crippen LogP contribution < -0.4 is 0 Å². The Balaban J connectivity index is -0.000000125. The fourth-order valence-electron chi connectivity index (χ4n) is 0. The van der Waals surface area contributed by atoms with Crippen molar-refractivity contribution < 1.29 is 18.4 Å². The first kappa shape index (κ1) is 16.5. The van der Waals surface area contributed by atoms with Crippen molar-refractivity contribution in [3.05, 3.63) is 0 Å². The van der Waals surface area contributed by atoms with Crippen molar-refractivity contribution in [2.75, 3.05) is 0 Å². The van der Waals surface area contributed by atoms with E-state index in [4.69, 9.17) is 14.4 Å². The van der Waals surface area contributed by atoms with E-state index in [9.17, 15) is 0 Å². The van der Waals surface area contributed by atoms with E-state index in [0.717, 1.165) is 0 Å². The Labute approximate surface area is 93.6 Å². The Morgan fingerprint density at radius 2 is 1.38 bits per heavy atom. The molecule has 0 rings (SSSR count). The second-order valence-electron chi connectivity index (χ2n) is 0.651. The van der Waals surface area contributed by atoms with E-state index in [1.165, 1.54) is 0 Å². The molecule has 0 unspecified atom stereocenters. The van der Waals surface area contributed by atoms with Crippen LogP contribution in [0.15, 0.2) is 0 Å². The van der Waals surface area contributed by atoms with Crippen molar-refractivity contribution in [1.29, 1.82) is 0 Å². The number of hydrogen-bond donors (Lipinski definition) is 3. The van der Waals surface area contributed by atoms with Crippen LogP contribution >= 0.6 is 11.9 Å². The van der Waals surface area contributed by atoms with Crippen molar-refractivity contribution in [2.45, 2.75) is 0 Å². The maximum absolute atomic E-state index is 7.72. The Kier molecular flexibility index (Phi) is 14.7. The quantitative estimate of drug-likeness (QED) is 0.414. The van der Waals surface area contributed by atoms with Gasteiger partial charge in [-0.15, -0.1) is 0 Å². The summed E-state index contributed by atoms with van der Waals surface area (Å²) in [4.78, 5) is 23.2. The summed E-state index contributed by atoms with van der Waals surface area (Å²) >= 11 is 4.29. The molecular formula is H7BeClO4SiSr. The van der Waals surface area contributed by atoms with Gasteiger partial charge in [0.2, 0.25) is 0 Å². The third kappa shape index (κ3) is 15.7. The van der Waals surface area contributed by atoms with Gasteiger partial charge in [-0.1, -0.05) is 0 Å². The second kappa shape index (κ2) is 7.11. The molecule has 46 valence electrons. The summed E-state index contributed by atoms with van der Waals surface area (Å²) in [5.41, 5.74) is 0. The monoisotopic (exact) mass is 231 g/mol. The summed E-state index contributed by atoms with van der Waals surface area (Å²) in [5.74, 6) is 0. The van der Waals surface area contributed by atoms with E-state index < -0.39 is 9.05 Å². The molecule has 0 saturated carbocycles. The number of halogens is 1. The van der Waals surface area contributed by atoms with Crippen LogP contribution in [0.25, 0.3) is 0 Å². The first-order chi connectivity index (χ1) is 2.56. The van der Waals surface area contributed by atoms with E-state index in [0.29, 0.717) is 0 Å². The minimum absolute atomic E-state index is 0. The summed E-state index contributed by atoms with van der Waals surface area (Å²) in [7, 11) is -4.37. The van der Waals surface area contributed by atoms with E-state index in [-0.39, 0.29) is 55.6 Å². The van der Waals surface area contributed by atoms with Gasteiger partial charge in [0.05, 0.1) is 11.9 Å². The molecule has 8 heteroatoms. The molecule has 0 aromatic carbocycles. The standard InChI is InChI=1S/Be.ClH3O4Si.Sr.4H/c;1-5-6(2,3)4;;;;;/h;2-4H;;;;;. The zero-order chi connectivity index (χ0) is 5.21. The minimum atomic E-state index is -4.37. The van der Waals surface area contributed by atoms with Crippen LogP contribution in [-0.4, -0.2) is 79.0 Å². The summed E-state index contributed by atoms with van der Waals surface area (Å²) < 4.78 is 3.22. The SMILES string of the molecule is O[Si](O)(O)OCl.[BeH2].[SrH2]. The van der Waals surface area contributed by atoms with Crippen molar-refractivity contribution in [2.24, 2.45) is 0 Å².